The van der Waals surface area contributed by atoms with Crippen molar-refractivity contribution in [1.29, 1.82) is 0 Å². The Hall–Kier alpha value is -0.660. The van der Waals surface area contributed by atoms with Crippen LogP contribution in [0, 0.1) is 5.92 Å². The molecule has 1 atom stereocenters. The van der Waals surface area contributed by atoms with E-state index in [1.54, 1.807) is 0 Å². The van der Waals surface area contributed by atoms with E-state index in [1.807, 2.05) is 27.7 Å². The molecule has 0 aliphatic rings. The summed E-state index contributed by atoms with van der Waals surface area (Å²) in [4.78, 5) is 11.1. The predicted octanol–water partition coefficient (Wildman–Crippen LogP) is 1.44. The van der Waals surface area contributed by atoms with Crippen molar-refractivity contribution < 1.29 is 18.3 Å². The highest BCUT2D eigenvalue weighted by atomic mass is 32.2. The molecule has 0 aromatic heterocycles. The van der Waals surface area contributed by atoms with Crippen LogP contribution in [-0.2, 0) is 15.0 Å². The van der Waals surface area contributed by atoms with Crippen molar-refractivity contribution in [2.75, 3.05) is 13.1 Å². The second kappa shape index (κ2) is 8.50. The average Bonchev–Trinajstić information content (AvgIpc) is 2.26. The van der Waals surface area contributed by atoms with Crippen LogP contribution >= 0.6 is 0 Å². The molecule has 0 saturated heterocycles. The fraction of sp³-hybridized carbons (Fsp3) is 0.917. The van der Waals surface area contributed by atoms with Gasteiger partial charge >= 0.3 is 5.97 Å². The van der Waals surface area contributed by atoms with Crippen molar-refractivity contribution >= 4 is 16.2 Å². The van der Waals surface area contributed by atoms with Gasteiger partial charge in [-0.25, -0.2) is 0 Å². The van der Waals surface area contributed by atoms with Gasteiger partial charge in [0.25, 0.3) is 10.2 Å². The maximum absolute atomic E-state index is 12.2. The van der Waals surface area contributed by atoms with E-state index in [1.165, 1.54) is 4.31 Å². The van der Waals surface area contributed by atoms with E-state index in [2.05, 4.69) is 4.72 Å². The number of carbonyl (C=O) groups is 1. The van der Waals surface area contributed by atoms with Crippen molar-refractivity contribution in [3.63, 3.8) is 0 Å². The van der Waals surface area contributed by atoms with Crippen molar-refractivity contribution in [2.24, 2.45) is 5.92 Å². The van der Waals surface area contributed by atoms with Crippen LogP contribution in [0.1, 0.15) is 47.0 Å². The van der Waals surface area contributed by atoms with E-state index in [-0.39, 0.29) is 12.3 Å². The summed E-state index contributed by atoms with van der Waals surface area (Å²) in [5.74, 6) is -1.03. The smallest absolute Gasteiger partial charge is 0.321 e. The fourth-order valence-electron chi connectivity index (χ4n) is 1.78. The molecular weight excluding hydrogens is 268 g/mol. The largest absolute Gasteiger partial charge is 0.480 e. The third-order valence-corrected chi connectivity index (χ3v) is 4.21. The Labute approximate surface area is 116 Å². The number of carboxylic acid groups (broad SMARTS) is 1. The molecule has 7 heteroatoms. The Morgan fingerprint density at radius 2 is 1.68 bits per heavy atom. The first-order chi connectivity index (χ1) is 8.74. The molecule has 0 fully saturated rings. The van der Waals surface area contributed by atoms with E-state index in [0.717, 1.165) is 0 Å². The Bertz CT molecular complexity index is 362. The van der Waals surface area contributed by atoms with Gasteiger partial charge in [-0.05, 0) is 25.2 Å². The molecule has 0 spiro atoms. The van der Waals surface area contributed by atoms with Crippen molar-refractivity contribution in [1.82, 2.24) is 9.03 Å². The predicted molar refractivity (Wildman–Crippen MR) is 75.1 cm³/mol. The Morgan fingerprint density at radius 3 is 2.00 bits per heavy atom. The number of nitrogens with zero attached hydrogens (tertiary/aromatic N) is 1. The van der Waals surface area contributed by atoms with Gasteiger partial charge in [0.2, 0.25) is 0 Å². The summed E-state index contributed by atoms with van der Waals surface area (Å²) in [6.07, 6.45) is 1.67. The lowest BCUT2D eigenvalue weighted by Gasteiger charge is -2.24. The lowest BCUT2D eigenvalue weighted by Crippen LogP contribution is -2.49. The summed E-state index contributed by atoms with van der Waals surface area (Å²) in [6, 6.07) is -1.07. The molecule has 0 aliphatic carbocycles. The zero-order chi connectivity index (χ0) is 15.1. The van der Waals surface area contributed by atoms with E-state index in [9.17, 15) is 13.2 Å². The molecule has 6 nitrogen and oxygen atoms in total. The van der Waals surface area contributed by atoms with Gasteiger partial charge < -0.3 is 5.11 Å². The molecule has 0 saturated carbocycles. The van der Waals surface area contributed by atoms with E-state index < -0.39 is 22.2 Å². The molecule has 114 valence electrons. The highest BCUT2D eigenvalue weighted by molar-refractivity contribution is 7.87. The molecule has 0 aliphatic heterocycles. The van der Waals surface area contributed by atoms with Crippen LogP contribution in [0.4, 0.5) is 0 Å². The monoisotopic (exact) mass is 294 g/mol. The third kappa shape index (κ3) is 6.89. The summed E-state index contributed by atoms with van der Waals surface area (Å²) >= 11 is 0. The van der Waals surface area contributed by atoms with Gasteiger partial charge in [0.15, 0.2) is 0 Å². The van der Waals surface area contributed by atoms with Gasteiger partial charge in [0, 0.05) is 13.1 Å². The van der Waals surface area contributed by atoms with E-state index in [4.69, 9.17) is 5.11 Å². The highest BCUT2D eigenvalue weighted by Crippen LogP contribution is 2.09. The minimum atomic E-state index is -3.73. The van der Waals surface area contributed by atoms with Crippen molar-refractivity contribution in [2.45, 2.75) is 53.0 Å². The standard InChI is InChI=1S/C12H26N2O4S/c1-5-7-14(8-6-2)19(17,18)13-11(12(15)16)9-10(3)4/h10-11,13H,5-9H2,1-4H3,(H,15,16)/t11-/m0/s1. The van der Waals surface area contributed by atoms with Crippen LogP contribution in [0.15, 0.2) is 0 Å². The van der Waals surface area contributed by atoms with Crippen LogP contribution in [0.3, 0.4) is 0 Å². The maximum atomic E-state index is 12.2. The zero-order valence-electron chi connectivity index (χ0n) is 12.2. The topological polar surface area (TPSA) is 86.7 Å². The normalized spacial score (nSPS) is 14.0. The first-order valence-corrected chi connectivity index (χ1v) is 8.18. The number of rotatable bonds is 10. The van der Waals surface area contributed by atoms with Gasteiger partial charge in [0.05, 0.1) is 0 Å². The molecule has 0 aromatic rings. The van der Waals surface area contributed by atoms with Crippen molar-refractivity contribution in [3.8, 4) is 0 Å². The van der Waals surface area contributed by atoms with Crippen LogP contribution in [0.5, 0.6) is 0 Å². The number of hydrogen-bond donors (Lipinski definition) is 2. The summed E-state index contributed by atoms with van der Waals surface area (Å²) < 4.78 is 27.9. The average molecular weight is 294 g/mol. The second-order valence-electron chi connectivity index (χ2n) is 5.04. The van der Waals surface area contributed by atoms with E-state index in [0.29, 0.717) is 25.9 Å². The quantitative estimate of drug-likeness (QED) is 0.638. The number of hydrogen-bond acceptors (Lipinski definition) is 3. The first-order valence-electron chi connectivity index (χ1n) is 6.74. The Balaban J connectivity index is 4.90. The molecular formula is C12H26N2O4S. The Kier molecular flexibility index (Phi) is 8.20. The van der Waals surface area contributed by atoms with Crippen LogP contribution in [0.2, 0.25) is 0 Å². The van der Waals surface area contributed by atoms with Gasteiger partial charge in [-0.15, -0.1) is 0 Å². The second-order valence-corrected chi connectivity index (χ2v) is 6.74. The zero-order valence-corrected chi connectivity index (χ0v) is 13.0. The summed E-state index contributed by atoms with van der Waals surface area (Å²) in [5, 5.41) is 9.08. The number of aliphatic carboxylic acids is 1. The van der Waals surface area contributed by atoms with Crippen LogP contribution in [0.25, 0.3) is 0 Å². The molecule has 19 heavy (non-hydrogen) atoms. The lowest BCUT2D eigenvalue weighted by atomic mass is 10.1. The first kappa shape index (κ1) is 18.3. The minimum Gasteiger partial charge on any atom is -0.480 e. The Morgan fingerprint density at radius 1 is 1.21 bits per heavy atom. The molecule has 0 amide bonds. The molecule has 0 radical (unpaired) electrons. The number of nitrogens with one attached hydrogen (secondary N) is 1. The van der Waals surface area contributed by atoms with E-state index >= 15 is 0 Å². The lowest BCUT2D eigenvalue weighted by molar-refractivity contribution is -0.139. The fourth-order valence-corrected chi connectivity index (χ4v) is 3.33. The van der Waals surface area contributed by atoms with Gasteiger partial charge in [-0.2, -0.15) is 17.4 Å². The molecule has 0 unspecified atom stereocenters. The van der Waals surface area contributed by atoms with Gasteiger partial charge in [0.1, 0.15) is 6.04 Å². The summed E-state index contributed by atoms with van der Waals surface area (Å²) in [6.45, 7) is 8.30. The summed E-state index contributed by atoms with van der Waals surface area (Å²) in [7, 11) is -3.73. The summed E-state index contributed by atoms with van der Waals surface area (Å²) in [5.41, 5.74) is 0. The van der Waals surface area contributed by atoms with Crippen molar-refractivity contribution in [3.05, 3.63) is 0 Å². The number of carboxylic acids is 1. The molecule has 0 rings (SSSR count). The molecule has 0 aromatic carbocycles. The SMILES string of the molecule is CCCN(CCC)S(=O)(=O)N[C@@H](CC(C)C)C(=O)O. The minimum absolute atomic E-state index is 0.106. The van der Waals surface area contributed by atoms with Gasteiger partial charge in [-0.3, -0.25) is 4.79 Å². The molecule has 2 N–H and O–H groups in total. The molecule has 0 bridgehead atoms. The molecule has 0 heterocycles. The highest BCUT2D eigenvalue weighted by Gasteiger charge is 2.28. The van der Waals surface area contributed by atoms with Gasteiger partial charge in [-0.1, -0.05) is 27.7 Å². The third-order valence-electron chi connectivity index (χ3n) is 2.58. The maximum Gasteiger partial charge on any atom is 0.321 e. The van der Waals surface area contributed by atoms with Crippen LogP contribution in [-0.4, -0.2) is 42.9 Å². The van der Waals surface area contributed by atoms with Crippen LogP contribution < -0.4 is 4.72 Å².